The smallest absolute Gasteiger partial charge is 0.305 e. The Morgan fingerprint density at radius 2 is 1.95 bits per heavy atom. The van der Waals surface area contributed by atoms with Crippen molar-refractivity contribution in [1.29, 1.82) is 0 Å². The molecule has 0 fully saturated rings. The number of ether oxygens (including phenoxy) is 1. The van der Waals surface area contributed by atoms with E-state index in [0.29, 0.717) is 17.5 Å². The summed E-state index contributed by atoms with van der Waals surface area (Å²) in [5, 5.41) is 0. The summed E-state index contributed by atoms with van der Waals surface area (Å²) in [5.74, 6) is -0.608. The van der Waals surface area contributed by atoms with E-state index in [1.807, 2.05) is 0 Å². The van der Waals surface area contributed by atoms with Gasteiger partial charge in [-0.15, -0.1) is 0 Å². The first-order chi connectivity index (χ1) is 8.96. The number of methoxy groups -OCH3 is 1. The molecule has 19 heavy (non-hydrogen) atoms. The molecule has 0 spiro atoms. The minimum Gasteiger partial charge on any atom is -0.469 e. The Morgan fingerprint density at radius 3 is 2.47 bits per heavy atom. The molecule has 0 atom stereocenters. The minimum absolute atomic E-state index is 0.0570. The summed E-state index contributed by atoms with van der Waals surface area (Å²) in [4.78, 5) is 21.3. The number of anilines is 1. The van der Waals surface area contributed by atoms with Crippen molar-refractivity contribution in [2.45, 2.75) is 12.8 Å². The molecule has 1 aromatic carbocycles. The van der Waals surface area contributed by atoms with E-state index in [1.165, 1.54) is 31.4 Å². The molecule has 0 bridgehead atoms. The van der Waals surface area contributed by atoms with E-state index in [-0.39, 0.29) is 18.6 Å². The lowest BCUT2D eigenvalue weighted by atomic mass is 10.2. The van der Waals surface area contributed by atoms with Crippen molar-refractivity contribution in [2.75, 3.05) is 17.6 Å². The normalized spacial score (nSPS) is 10.8. The van der Waals surface area contributed by atoms with Crippen molar-refractivity contribution in [1.82, 2.24) is 0 Å². The zero-order chi connectivity index (χ0) is 14.3. The van der Waals surface area contributed by atoms with Crippen molar-refractivity contribution in [2.24, 2.45) is 0 Å². The van der Waals surface area contributed by atoms with Crippen LogP contribution in [0.3, 0.4) is 0 Å². The molecule has 7 heteroatoms. The van der Waals surface area contributed by atoms with Gasteiger partial charge in [0.25, 0.3) is 0 Å². The fraction of sp³-hybridized carbons (Fsp3) is 0.333. The molecule has 0 saturated carbocycles. The molecule has 0 aromatic heterocycles. The summed E-state index contributed by atoms with van der Waals surface area (Å²) in [6, 6.07) is 6.03. The molecule has 0 aliphatic heterocycles. The van der Waals surface area contributed by atoms with Crippen molar-refractivity contribution in [3.05, 3.63) is 29.8 Å². The zero-order valence-electron chi connectivity index (χ0n) is 10.5. The SMILES string of the molecule is COC(=O)CCCS(=O)(=O)Nc1ccc(C=O)cc1. The monoisotopic (exact) mass is 285 g/mol. The third-order valence-corrected chi connectivity index (χ3v) is 3.71. The molecule has 104 valence electrons. The van der Waals surface area contributed by atoms with Gasteiger partial charge in [-0.3, -0.25) is 14.3 Å². The van der Waals surface area contributed by atoms with E-state index in [2.05, 4.69) is 9.46 Å². The number of esters is 1. The molecule has 0 aliphatic carbocycles. The molecule has 1 aromatic rings. The van der Waals surface area contributed by atoms with Crippen molar-refractivity contribution < 1.29 is 22.7 Å². The fourth-order valence-electron chi connectivity index (χ4n) is 1.37. The molecule has 0 saturated heterocycles. The quantitative estimate of drug-likeness (QED) is 0.600. The Morgan fingerprint density at radius 1 is 1.32 bits per heavy atom. The number of benzene rings is 1. The lowest BCUT2D eigenvalue weighted by molar-refractivity contribution is -0.140. The summed E-state index contributed by atoms with van der Waals surface area (Å²) in [5.41, 5.74) is 0.845. The van der Waals surface area contributed by atoms with Crippen molar-refractivity contribution >= 4 is 28.0 Å². The highest BCUT2D eigenvalue weighted by atomic mass is 32.2. The summed E-state index contributed by atoms with van der Waals surface area (Å²) in [6.07, 6.45) is 0.921. The Balaban J connectivity index is 2.53. The highest BCUT2D eigenvalue weighted by Crippen LogP contribution is 2.11. The van der Waals surface area contributed by atoms with Gasteiger partial charge < -0.3 is 4.74 Å². The number of hydrogen-bond acceptors (Lipinski definition) is 5. The zero-order valence-corrected chi connectivity index (χ0v) is 11.3. The molecule has 1 N–H and O–H groups in total. The van der Waals surface area contributed by atoms with Gasteiger partial charge in [-0.2, -0.15) is 0 Å². The number of aldehydes is 1. The van der Waals surface area contributed by atoms with Crippen LogP contribution in [0.4, 0.5) is 5.69 Å². The highest BCUT2D eigenvalue weighted by molar-refractivity contribution is 7.92. The first-order valence-corrected chi connectivity index (χ1v) is 7.24. The van der Waals surface area contributed by atoms with E-state index >= 15 is 0 Å². The first-order valence-electron chi connectivity index (χ1n) is 5.59. The number of rotatable bonds is 7. The summed E-state index contributed by atoms with van der Waals surface area (Å²) >= 11 is 0. The van der Waals surface area contributed by atoms with Gasteiger partial charge in [0.2, 0.25) is 10.0 Å². The average Bonchev–Trinajstić information content (AvgIpc) is 2.38. The van der Waals surface area contributed by atoms with Crippen LogP contribution in [-0.4, -0.2) is 33.5 Å². The summed E-state index contributed by atoms with van der Waals surface area (Å²) < 4.78 is 30.2. The van der Waals surface area contributed by atoms with E-state index in [0.717, 1.165) is 0 Å². The first kappa shape index (κ1) is 15.2. The largest absolute Gasteiger partial charge is 0.469 e. The molecule has 1 rings (SSSR count). The molecule has 0 unspecified atom stereocenters. The van der Waals surface area contributed by atoms with Crippen LogP contribution in [0.5, 0.6) is 0 Å². The second-order valence-corrected chi connectivity index (χ2v) is 5.68. The van der Waals surface area contributed by atoms with Crippen LogP contribution >= 0.6 is 0 Å². The molecule has 0 aliphatic rings. The van der Waals surface area contributed by atoms with Crippen LogP contribution in [-0.2, 0) is 19.6 Å². The number of hydrogen-bond donors (Lipinski definition) is 1. The van der Waals surface area contributed by atoms with Crippen LogP contribution in [0.2, 0.25) is 0 Å². The standard InChI is InChI=1S/C12H15NO5S/c1-18-12(15)3-2-8-19(16,17)13-11-6-4-10(9-14)5-7-11/h4-7,9,13H,2-3,8H2,1H3. The van der Waals surface area contributed by atoms with Gasteiger partial charge in [-0.05, 0) is 30.7 Å². The molecular formula is C12H15NO5S. The van der Waals surface area contributed by atoms with Gasteiger partial charge >= 0.3 is 5.97 Å². The minimum atomic E-state index is -3.50. The van der Waals surface area contributed by atoms with Crippen LogP contribution in [0.1, 0.15) is 23.2 Å². The van der Waals surface area contributed by atoms with Gasteiger partial charge in [-0.25, -0.2) is 8.42 Å². The number of sulfonamides is 1. The van der Waals surface area contributed by atoms with Gasteiger partial charge in [-0.1, -0.05) is 0 Å². The second-order valence-electron chi connectivity index (χ2n) is 3.84. The molecule has 6 nitrogen and oxygen atoms in total. The van der Waals surface area contributed by atoms with E-state index in [9.17, 15) is 18.0 Å². The maximum atomic E-state index is 11.7. The van der Waals surface area contributed by atoms with Crippen LogP contribution in [0.15, 0.2) is 24.3 Å². The van der Waals surface area contributed by atoms with Crippen molar-refractivity contribution in [3.63, 3.8) is 0 Å². The van der Waals surface area contributed by atoms with Crippen LogP contribution < -0.4 is 4.72 Å². The highest BCUT2D eigenvalue weighted by Gasteiger charge is 2.11. The van der Waals surface area contributed by atoms with Gasteiger partial charge in [0.1, 0.15) is 6.29 Å². The van der Waals surface area contributed by atoms with Crippen LogP contribution in [0, 0.1) is 0 Å². The third-order valence-electron chi connectivity index (χ3n) is 2.34. The second kappa shape index (κ2) is 6.89. The maximum Gasteiger partial charge on any atom is 0.305 e. The summed E-state index contributed by atoms with van der Waals surface area (Å²) in [7, 11) is -2.25. The Labute approximate surface area is 111 Å². The predicted octanol–water partition coefficient (Wildman–Crippen LogP) is 1.19. The number of carbonyl (C=O) groups excluding carboxylic acids is 2. The van der Waals surface area contributed by atoms with Gasteiger partial charge in [0, 0.05) is 17.7 Å². The molecular weight excluding hydrogens is 270 g/mol. The van der Waals surface area contributed by atoms with E-state index < -0.39 is 16.0 Å². The molecule has 0 heterocycles. The number of carbonyl (C=O) groups is 2. The number of nitrogens with one attached hydrogen (secondary N) is 1. The van der Waals surface area contributed by atoms with E-state index in [1.54, 1.807) is 0 Å². The van der Waals surface area contributed by atoms with Gasteiger partial charge in [0.15, 0.2) is 0 Å². The summed E-state index contributed by atoms with van der Waals surface area (Å²) in [6.45, 7) is 0. The van der Waals surface area contributed by atoms with E-state index in [4.69, 9.17) is 0 Å². The molecule has 0 amide bonds. The Hall–Kier alpha value is -1.89. The Kier molecular flexibility index (Phi) is 5.50. The predicted molar refractivity (Wildman–Crippen MR) is 70.5 cm³/mol. The lowest BCUT2D eigenvalue weighted by Crippen LogP contribution is -2.17. The maximum absolute atomic E-state index is 11.7. The average molecular weight is 285 g/mol. The third kappa shape index (κ3) is 5.52. The van der Waals surface area contributed by atoms with Crippen LogP contribution in [0.25, 0.3) is 0 Å². The van der Waals surface area contributed by atoms with Gasteiger partial charge in [0.05, 0.1) is 12.9 Å². The lowest BCUT2D eigenvalue weighted by Gasteiger charge is -2.07. The molecule has 0 radical (unpaired) electrons. The fourth-order valence-corrected chi connectivity index (χ4v) is 2.49. The van der Waals surface area contributed by atoms with Crippen molar-refractivity contribution in [3.8, 4) is 0 Å². The topological polar surface area (TPSA) is 89.5 Å². The Bertz CT molecular complexity index is 536.